The van der Waals surface area contributed by atoms with Gasteiger partial charge in [-0.15, -0.1) is 0 Å². The van der Waals surface area contributed by atoms with Crippen molar-refractivity contribution in [1.29, 1.82) is 0 Å². The molecule has 0 fully saturated rings. The predicted molar refractivity (Wildman–Crippen MR) is 88.6 cm³/mol. The lowest BCUT2D eigenvalue weighted by Crippen LogP contribution is -2.38. The number of benzene rings is 1. The number of nitrogens with one attached hydrogen (secondary N) is 2. The molecule has 1 aromatic rings. The summed E-state index contributed by atoms with van der Waals surface area (Å²) < 4.78 is 36.4. The molecule has 1 amide bonds. The quantitative estimate of drug-likeness (QED) is 0.701. The zero-order chi connectivity index (χ0) is 17.5. The number of hydrogen-bond donors (Lipinski definition) is 2. The van der Waals surface area contributed by atoms with E-state index in [1.54, 1.807) is 25.1 Å². The van der Waals surface area contributed by atoms with Crippen molar-refractivity contribution in [3.63, 3.8) is 0 Å². The first-order valence-electron chi connectivity index (χ1n) is 7.32. The standard InChI is InChI=1S/C15H24N2O5S/c1-5-11(2)17-23(19,20)7-6-16-15(18)12-8-13(21-3)10-14(9-12)22-4/h8-11,17H,5-7H2,1-4H3,(H,16,18)/t11-/m1/s1. The molecule has 23 heavy (non-hydrogen) atoms. The number of methoxy groups -OCH3 is 2. The smallest absolute Gasteiger partial charge is 0.251 e. The van der Waals surface area contributed by atoms with Gasteiger partial charge in [0.2, 0.25) is 10.0 Å². The van der Waals surface area contributed by atoms with Gasteiger partial charge >= 0.3 is 0 Å². The maximum Gasteiger partial charge on any atom is 0.251 e. The molecule has 0 aliphatic rings. The van der Waals surface area contributed by atoms with Gasteiger partial charge in [0.25, 0.3) is 5.91 Å². The van der Waals surface area contributed by atoms with E-state index in [1.807, 2.05) is 6.92 Å². The average molecular weight is 344 g/mol. The molecule has 8 heteroatoms. The number of amides is 1. The zero-order valence-corrected chi connectivity index (χ0v) is 14.7. The number of ether oxygens (including phenoxy) is 2. The minimum atomic E-state index is -3.41. The maximum atomic E-state index is 12.1. The van der Waals surface area contributed by atoms with Gasteiger partial charge in [0.15, 0.2) is 0 Å². The van der Waals surface area contributed by atoms with E-state index in [0.29, 0.717) is 23.5 Å². The van der Waals surface area contributed by atoms with Crippen LogP contribution in [0.5, 0.6) is 11.5 Å². The Hall–Kier alpha value is -1.80. The Kier molecular flexibility index (Phi) is 7.31. The fourth-order valence-corrected chi connectivity index (χ4v) is 3.06. The fourth-order valence-electron chi connectivity index (χ4n) is 1.79. The second kappa shape index (κ2) is 8.73. The Labute approximate surface area is 137 Å². The molecule has 0 saturated heterocycles. The highest BCUT2D eigenvalue weighted by Crippen LogP contribution is 2.22. The van der Waals surface area contributed by atoms with E-state index in [2.05, 4.69) is 10.0 Å². The van der Waals surface area contributed by atoms with Gasteiger partial charge in [-0.2, -0.15) is 0 Å². The normalized spacial score (nSPS) is 12.5. The van der Waals surface area contributed by atoms with Crippen molar-refractivity contribution in [2.24, 2.45) is 0 Å². The van der Waals surface area contributed by atoms with Gasteiger partial charge in [-0.1, -0.05) is 6.92 Å². The molecule has 0 radical (unpaired) electrons. The highest BCUT2D eigenvalue weighted by Gasteiger charge is 2.15. The SMILES string of the molecule is CC[C@@H](C)NS(=O)(=O)CCNC(=O)c1cc(OC)cc(OC)c1. The summed E-state index contributed by atoms with van der Waals surface area (Å²) >= 11 is 0. The van der Waals surface area contributed by atoms with Crippen LogP contribution in [0, 0.1) is 0 Å². The van der Waals surface area contributed by atoms with E-state index in [-0.39, 0.29) is 24.2 Å². The summed E-state index contributed by atoms with van der Waals surface area (Å²) in [7, 11) is -0.431. The van der Waals surface area contributed by atoms with Gasteiger partial charge in [0.1, 0.15) is 11.5 Å². The van der Waals surface area contributed by atoms with E-state index in [1.165, 1.54) is 14.2 Å². The van der Waals surface area contributed by atoms with Gasteiger partial charge in [0, 0.05) is 24.2 Å². The summed E-state index contributed by atoms with van der Waals surface area (Å²) in [4.78, 5) is 12.1. The summed E-state index contributed by atoms with van der Waals surface area (Å²) in [6, 6.07) is 4.64. The summed E-state index contributed by atoms with van der Waals surface area (Å²) in [5.74, 6) is 0.409. The Morgan fingerprint density at radius 2 is 1.74 bits per heavy atom. The first-order chi connectivity index (χ1) is 10.8. The van der Waals surface area contributed by atoms with E-state index < -0.39 is 10.0 Å². The zero-order valence-electron chi connectivity index (χ0n) is 13.9. The molecule has 0 aliphatic heterocycles. The molecule has 7 nitrogen and oxygen atoms in total. The van der Waals surface area contributed by atoms with Gasteiger partial charge in [-0.3, -0.25) is 4.79 Å². The predicted octanol–water partition coefficient (Wildman–Crippen LogP) is 1.15. The largest absolute Gasteiger partial charge is 0.497 e. The molecule has 0 bridgehead atoms. The first-order valence-corrected chi connectivity index (χ1v) is 8.97. The minimum absolute atomic E-state index is 0.0180. The summed E-state index contributed by atoms with van der Waals surface area (Å²) in [5, 5.41) is 2.58. The average Bonchev–Trinajstić information content (AvgIpc) is 2.53. The van der Waals surface area contributed by atoms with Crippen LogP contribution in [-0.2, 0) is 10.0 Å². The van der Waals surface area contributed by atoms with Gasteiger partial charge in [-0.05, 0) is 25.5 Å². The Morgan fingerprint density at radius 3 is 2.22 bits per heavy atom. The molecular weight excluding hydrogens is 320 g/mol. The van der Waals surface area contributed by atoms with Crippen LogP contribution in [0.1, 0.15) is 30.6 Å². The number of hydrogen-bond acceptors (Lipinski definition) is 5. The summed E-state index contributed by atoms with van der Waals surface area (Å²) in [6.07, 6.45) is 0.704. The van der Waals surface area contributed by atoms with Gasteiger partial charge in [0.05, 0.1) is 20.0 Å². The summed E-state index contributed by atoms with van der Waals surface area (Å²) in [6.45, 7) is 3.70. The molecule has 0 saturated carbocycles. The molecule has 0 unspecified atom stereocenters. The summed E-state index contributed by atoms with van der Waals surface area (Å²) in [5.41, 5.74) is 0.341. The molecule has 0 spiro atoms. The van der Waals surface area contributed by atoms with E-state index in [9.17, 15) is 13.2 Å². The number of carbonyl (C=O) groups excluding carboxylic acids is 1. The molecule has 130 valence electrons. The van der Waals surface area contributed by atoms with E-state index >= 15 is 0 Å². The third-order valence-electron chi connectivity index (χ3n) is 3.26. The highest BCUT2D eigenvalue weighted by atomic mass is 32.2. The molecule has 0 heterocycles. The van der Waals surface area contributed by atoms with Crippen molar-refractivity contribution in [3.05, 3.63) is 23.8 Å². The topological polar surface area (TPSA) is 93.7 Å². The number of carbonyl (C=O) groups is 1. The van der Waals surface area contributed by atoms with Crippen molar-refractivity contribution in [2.45, 2.75) is 26.3 Å². The third-order valence-corrected chi connectivity index (χ3v) is 4.77. The van der Waals surface area contributed by atoms with Crippen LogP contribution < -0.4 is 19.5 Å². The maximum absolute atomic E-state index is 12.1. The molecule has 0 aliphatic carbocycles. The van der Waals surface area contributed by atoms with Crippen LogP contribution in [0.3, 0.4) is 0 Å². The molecule has 1 rings (SSSR count). The molecule has 1 atom stereocenters. The van der Waals surface area contributed by atoms with Crippen molar-refractivity contribution in [1.82, 2.24) is 10.0 Å². The molecule has 0 aromatic heterocycles. The van der Waals surface area contributed by atoms with Crippen molar-refractivity contribution < 1.29 is 22.7 Å². The van der Waals surface area contributed by atoms with Crippen LogP contribution in [0.2, 0.25) is 0 Å². The first kappa shape index (κ1) is 19.2. The van der Waals surface area contributed by atoms with Crippen molar-refractivity contribution >= 4 is 15.9 Å². The van der Waals surface area contributed by atoms with E-state index in [4.69, 9.17) is 9.47 Å². The molecule has 2 N–H and O–H groups in total. The third kappa shape index (κ3) is 6.45. The lowest BCUT2D eigenvalue weighted by Gasteiger charge is -2.12. The highest BCUT2D eigenvalue weighted by molar-refractivity contribution is 7.89. The van der Waals surface area contributed by atoms with Crippen LogP contribution >= 0.6 is 0 Å². The Bertz CT molecular complexity index is 609. The Balaban J connectivity index is 2.64. The second-order valence-electron chi connectivity index (χ2n) is 5.10. The number of sulfonamides is 1. The van der Waals surface area contributed by atoms with Crippen LogP contribution in [-0.4, -0.2) is 46.9 Å². The fraction of sp³-hybridized carbons (Fsp3) is 0.533. The lowest BCUT2D eigenvalue weighted by atomic mass is 10.2. The van der Waals surface area contributed by atoms with Gasteiger partial charge in [-0.25, -0.2) is 13.1 Å². The lowest BCUT2D eigenvalue weighted by molar-refractivity contribution is 0.0955. The molecule has 1 aromatic carbocycles. The van der Waals surface area contributed by atoms with Crippen LogP contribution in [0.25, 0.3) is 0 Å². The van der Waals surface area contributed by atoms with Crippen LogP contribution in [0.15, 0.2) is 18.2 Å². The molecular formula is C15H24N2O5S. The van der Waals surface area contributed by atoms with E-state index in [0.717, 1.165) is 0 Å². The Morgan fingerprint density at radius 1 is 1.17 bits per heavy atom. The minimum Gasteiger partial charge on any atom is -0.497 e. The van der Waals surface area contributed by atoms with Gasteiger partial charge < -0.3 is 14.8 Å². The second-order valence-corrected chi connectivity index (χ2v) is 6.98. The van der Waals surface area contributed by atoms with Crippen molar-refractivity contribution in [2.75, 3.05) is 26.5 Å². The van der Waals surface area contributed by atoms with Crippen LogP contribution in [0.4, 0.5) is 0 Å². The number of rotatable bonds is 9. The van der Waals surface area contributed by atoms with Crippen molar-refractivity contribution in [3.8, 4) is 11.5 Å². The monoisotopic (exact) mass is 344 g/mol.